The molecule has 6 nitrogen and oxygen atoms in total. The second kappa shape index (κ2) is 14.3. The second-order valence-corrected chi connectivity index (χ2v) is 8.23. The minimum Gasteiger partial charge on any atom is -0.369 e. The quantitative estimate of drug-likeness (QED) is 0.312. The van der Waals surface area contributed by atoms with E-state index in [1.165, 1.54) is 25.1 Å². The van der Waals surface area contributed by atoms with Gasteiger partial charge in [-0.1, -0.05) is 32.0 Å². The number of rotatable bonds is 12. The molecule has 30 heavy (non-hydrogen) atoms. The van der Waals surface area contributed by atoms with Gasteiger partial charge in [0.15, 0.2) is 5.96 Å². The van der Waals surface area contributed by atoms with E-state index in [-0.39, 0.29) is 0 Å². The van der Waals surface area contributed by atoms with E-state index < -0.39 is 0 Å². The molecule has 2 N–H and O–H groups in total. The molecule has 1 aromatic rings. The summed E-state index contributed by atoms with van der Waals surface area (Å²) in [6.07, 6.45) is 3.53. The lowest BCUT2D eigenvalue weighted by Gasteiger charge is -2.36. The van der Waals surface area contributed by atoms with E-state index in [0.29, 0.717) is 6.04 Å². The molecule has 0 amide bonds. The molecule has 170 valence electrons. The number of nitrogens with zero attached hydrogens (tertiary/aromatic N) is 4. The Morgan fingerprint density at radius 3 is 2.40 bits per heavy atom. The molecule has 0 bridgehead atoms. The van der Waals surface area contributed by atoms with Crippen LogP contribution in [0, 0.1) is 0 Å². The van der Waals surface area contributed by atoms with Crippen molar-refractivity contribution in [3.05, 3.63) is 30.3 Å². The normalized spacial score (nSPS) is 16.7. The molecule has 6 heteroatoms. The van der Waals surface area contributed by atoms with Crippen molar-refractivity contribution in [1.29, 1.82) is 0 Å². The van der Waals surface area contributed by atoms with Crippen molar-refractivity contribution in [1.82, 2.24) is 20.4 Å². The van der Waals surface area contributed by atoms with E-state index in [1.807, 2.05) is 7.05 Å². The van der Waals surface area contributed by atoms with Crippen molar-refractivity contribution in [2.45, 2.75) is 46.1 Å². The monoisotopic (exact) mass is 416 g/mol. The Morgan fingerprint density at radius 2 is 1.77 bits per heavy atom. The van der Waals surface area contributed by atoms with Crippen molar-refractivity contribution in [2.75, 3.05) is 70.9 Å². The molecule has 1 fully saturated rings. The predicted octanol–water partition coefficient (Wildman–Crippen LogP) is 2.87. The number of aliphatic imine (C=N–C) groups is 1. The zero-order valence-electron chi connectivity index (χ0n) is 19.7. The van der Waals surface area contributed by atoms with Crippen LogP contribution in [0.15, 0.2) is 35.3 Å². The van der Waals surface area contributed by atoms with Gasteiger partial charge in [-0.15, -0.1) is 0 Å². The van der Waals surface area contributed by atoms with Gasteiger partial charge in [-0.25, -0.2) is 0 Å². The lowest BCUT2D eigenvalue weighted by molar-refractivity contribution is 0.255. The summed E-state index contributed by atoms with van der Waals surface area (Å²) in [6.45, 7) is 16.8. The van der Waals surface area contributed by atoms with Crippen molar-refractivity contribution in [2.24, 2.45) is 4.99 Å². The van der Waals surface area contributed by atoms with E-state index in [2.05, 4.69) is 81.4 Å². The SMILES string of the molecule is CCN(CC)CCCC(C)NC(=NC)NCCCN1CCN(c2ccccc2)CC1. The van der Waals surface area contributed by atoms with Crippen LogP contribution < -0.4 is 15.5 Å². The molecule has 1 heterocycles. The highest BCUT2D eigenvalue weighted by atomic mass is 15.3. The summed E-state index contributed by atoms with van der Waals surface area (Å²) in [6, 6.07) is 11.2. The van der Waals surface area contributed by atoms with Gasteiger partial charge in [0.2, 0.25) is 0 Å². The van der Waals surface area contributed by atoms with E-state index in [1.54, 1.807) is 0 Å². The molecule has 2 rings (SSSR count). The average molecular weight is 417 g/mol. The Labute approximate surface area is 184 Å². The summed E-state index contributed by atoms with van der Waals surface area (Å²) in [5.74, 6) is 0.930. The van der Waals surface area contributed by atoms with Crippen LogP contribution in [0.3, 0.4) is 0 Å². The zero-order chi connectivity index (χ0) is 21.6. The topological polar surface area (TPSA) is 46.1 Å². The van der Waals surface area contributed by atoms with Crippen molar-refractivity contribution < 1.29 is 0 Å². The second-order valence-electron chi connectivity index (χ2n) is 8.23. The van der Waals surface area contributed by atoms with Gasteiger partial charge in [-0.3, -0.25) is 9.89 Å². The summed E-state index contributed by atoms with van der Waals surface area (Å²) >= 11 is 0. The first kappa shape index (κ1) is 24.5. The summed E-state index contributed by atoms with van der Waals surface area (Å²) in [7, 11) is 1.86. The number of nitrogens with one attached hydrogen (secondary N) is 2. The molecule has 0 aromatic heterocycles. The van der Waals surface area contributed by atoms with Gasteiger partial charge in [-0.2, -0.15) is 0 Å². The van der Waals surface area contributed by atoms with E-state index in [0.717, 1.165) is 64.7 Å². The summed E-state index contributed by atoms with van der Waals surface area (Å²) in [5.41, 5.74) is 1.35. The molecule has 0 aliphatic carbocycles. The highest BCUT2D eigenvalue weighted by Gasteiger charge is 2.16. The number of anilines is 1. The van der Waals surface area contributed by atoms with Crippen molar-refractivity contribution >= 4 is 11.6 Å². The molecule has 0 saturated carbocycles. The molecular formula is C24H44N6. The molecule has 1 aliphatic rings. The molecule has 0 spiro atoms. The maximum Gasteiger partial charge on any atom is 0.191 e. The van der Waals surface area contributed by atoms with Gasteiger partial charge in [0.1, 0.15) is 0 Å². The highest BCUT2D eigenvalue weighted by Crippen LogP contribution is 2.15. The largest absolute Gasteiger partial charge is 0.369 e. The van der Waals surface area contributed by atoms with Gasteiger partial charge in [-0.05, 0) is 64.5 Å². The predicted molar refractivity (Wildman–Crippen MR) is 131 cm³/mol. The number of hydrogen-bond donors (Lipinski definition) is 2. The van der Waals surface area contributed by atoms with Crippen LogP contribution in [0.4, 0.5) is 5.69 Å². The standard InChI is InChI=1S/C24H44N6/c1-5-28(6-2)16-10-12-22(3)27-24(25-4)26-15-11-17-29-18-20-30(21-19-29)23-13-8-7-9-14-23/h7-9,13-14,22H,5-6,10-12,15-21H2,1-4H3,(H2,25,26,27). The highest BCUT2D eigenvalue weighted by molar-refractivity contribution is 5.79. The van der Waals surface area contributed by atoms with Gasteiger partial charge >= 0.3 is 0 Å². The lowest BCUT2D eigenvalue weighted by atomic mass is 10.2. The van der Waals surface area contributed by atoms with Gasteiger partial charge < -0.3 is 20.4 Å². The fraction of sp³-hybridized carbons (Fsp3) is 0.708. The fourth-order valence-electron chi connectivity index (χ4n) is 4.04. The van der Waals surface area contributed by atoms with E-state index in [4.69, 9.17) is 0 Å². The van der Waals surface area contributed by atoms with Crippen molar-refractivity contribution in [3.8, 4) is 0 Å². The maximum atomic E-state index is 4.40. The molecular weight excluding hydrogens is 372 g/mol. The third-order valence-corrected chi connectivity index (χ3v) is 6.05. The number of hydrogen-bond acceptors (Lipinski definition) is 4. The molecule has 0 radical (unpaired) electrons. The first-order chi connectivity index (χ1) is 14.7. The van der Waals surface area contributed by atoms with E-state index >= 15 is 0 Å². The van der Waals surface area contributed by atoms with Crippen molar-refractivity contribution in [3.63, 3.8) is 0 Å². The first-order valence-corrected chi connectivity index (χ1v) is 11.9. The summed E-state index contributed by atoms with van der Waals surface area (Å²) in [5, 5.41) is 7.03. The summed E-state index contributed by atoms with van der Waals surface area (Å²) < 4.78 is 0. The third kappa shape index (κ3) is 8.92. The molecule has 1 saturated heterocycles. The third-order valence-electron chi connectivity index (χ3n) is 6.05. The Kier molecular flexibility index (Phi) is 11.6. The molecule has 1 aliphatic heterocycles. The minimum absolute atomic E-state index is 0.442. The number of piperazine rings is 1. The smallest absolute Gasteiger partial charge is 0.191 e. The maximum absolute atomic E-state index is 4.40. The van der Waals surface area contributed by atoms with Crippen LogP contribution in [0.25, 0.3) is 0 Å². The first-order valence-electron chi connectivity index (χ1n) is 11.9. The van der Waals surface area contributed by atoms with E-state index in [9.17, 15) is 0 Å². The van der Waals surface area contributed by atoms with Crippen LogP contribution >= 0.6 is 0 Å². The molecule has 1 atom stereocenters. The van der Waals surface area contributed by atoms with Gasteiger partial charge in [0.05, 0.1) is 0 Å². The number of para-hydroxylation sites is 1. The average Bonchev–Trinajstić information content (AvgIpc) is 2.79. The molecule has 1 unspecified atom stereocenters. The summed E-state index contributed by atoms with van der Waals surface area (Å²) in [4.78, 5) is 11.9. The number of benzene rings is 1. The minimum atomic E-state index is 0.442. The lowest BCUT2D eigenvalue weighted by Crippen LogP contribution is -2.47. The van der Waals surface area contributed by atoms with Gasteiger partial charge in [0.25, 0.3) is 0 Å². The Balaban J connectivity index is 1.56. The van der Waals surface area contributed by atoms with Crippen LogP contribution in [0.2, 0.25) is 0 Å². The number of guanidine groups is 1. The van der Waals surface area contributed by atoms with Crippen LogP contribution in [-0.4, -0.2) is 87.8 Å². The van der Waals surface area contributed by atoms with Crippen LogP contribution in [0.1, 0.15) is 40.0 Å². The van der Waals surface area contributed by atoms with Crippen LogP contribution in [-0.2, 0) is 0 Å². The Bertz CT molecular complexity index is 579. The zero-order valence-corrected chi connectivity index (χ0v) is 19.7. The Hall–Kier alpha value is -1.79. The van der Waals surface area contributed by atoms with Crippen LogP contribution in [0.5, 0.6) is 0 Å². The molecule has 1 aromatic carbocycles. The Morgan fingerprint density at radius 1 is 1.07 bits per heavy atom. The fourth-order valence-corrected chi connectivity index (χ4v) is 4.04. The van der Waals surface area contributed by atoms with Gasteiger partial charge in [0, 0.05) is 51.5 Å².